The Morgan fingerprint density at radius 1 is 1.08 bits per heavy atom. The Balaban J connectivity index is 1.64. The van der Waals surface area contributed by atoms with Crippen LogP contribution >= 0.6 is 11.3 Å². The lowest BCUT2D eigenvalue weighted by Crippen LogP contribution is -2.39. The molecule has 3 aromatic rings. The van der Waals surface area contributed by atoms with E-state index >= 15 is 0 Å². The van der Waals surface area contributed by atoms with Crippen molar-refractivity contribution in [1.82, 2.24) is 4.57 Å². The summed E-state index contributed by atoms with van der Waals surface area (Å²) >= 11 is 1.24. The van der Waals surface area contributed by atoms with Crippen molar-refractivity contribution in [2.24, 2.45) is 4.99 Å². The predicted molar refractivity (Wildman–Crippen MR) is 137 cm³/mol. The molecule has 9 nitrogen and oxygen atoms in total. The van der Waals surface area contributed by atoms with Gasteiger partial charge in [-0.3, -0.25) is 9.36 Å². The quantitative estimate of drug-likeness (QED) is 0.440. The van der Waals surface area contributed by atoms with E-state index in [4.69, 9.17) is 23.7 Å². The monoisotopic (exact) mass is 522 g/mol. The zero-order valence-corrected chi connectivity index (χ0v) is 21.5. The highest BCUT2D eigenvalue weighted by Gasteiger charge is 2.31. The lowest BCUT2D eigenvalue weighted by atomic mass is 9.97. The number of thiazole rings is 1. The molecule has 10 heteroatoms. The van der Waals surface area contributed by atoms with Gasteiger partial charge in [0, 0.05) is 6.20 Å². The molecule has 0 saturated heterocycles. The molecule has 2 aliphatic heterocycles. The number of aromatic nitrogens is 1. The Morgan fingerprint density at radius 3 is 2.59 bits per heavy atom. The molecular weight excluding hydrogens is 496 g/mol. The minimum absolute atomic E-state index is 0.243. The first-order chi connectivity index (χ1) is 18.0. The number of carbonyl (C=O) groups excluding carboxylic acids is 1. The average Bonchev–Trinajstić information content (AvgIpc) is 3.23. The second-order valence-corrected chi connectivity index (χ2v) is 9.16. The highest BCUT2D eigenvalue weighted by Crippen LogP contribution is 2.35. The summed E-state index contributed by atoms with van der Waals surface area (Å²) in [5.74, 6) is 1.86. The van der Waals surface area contributed by atoms with Crippen molar-refractivity contribution in [3.8, 4) is 23.0 Å². The van der Waals surface area contributed by atoms with Crippen molar-refractivity contribution < 1.29 is 28.5 Å². The average molecular weight is 523 g/mol. The zero-order chi connectivity index (χ0) is 25.9. The summed E-state index contributed by atoms with van der Waals surface area (Å²) in [5.41, 5.74) is 1.43. The molecule has 2 aliphatic rings. The minimum atomic E-state index is -0.749. The number of carbonyl (C=O) groups is 1. The van der Waals surface area contributed by atoms with E-state index in [0.29, 0.717) is 64.3 Å². The SMILES string of the molecule is CCOc1ccc([C@@H]2C(C(=O)OC)=CN=c3s/c(=C/c4ccc5c(c4)OCCO5)c(=O)n32)cc1OCC. The maximum absolute atomic E-state index is 13.7. The number of rotatable bonds is 7. The number of esters is 1. The van der Waals surface area contributed by atoms with Gasteiger partial charge in [-0.25, -0.2) is 9.79 Å². The molecule has 2 aromatic carbocycles. The zero-order valence-electron chi connectivity index (χ0n) is 20.7. The Labute approximate surface area is 216 Å². The molecule has 3 heterocycles. The fraction of sp³-hybridized carbons (Fsp3) is 0.296. The van der Waals surface area contributed by atoms with E-state index in [-0.39, 0.29) is 11.1 Å². The van der Waals surface area contributed by atoms with E-state index in [1.165, 1.54) is 29.2 Å². The van der Waals surface area contributed by atoms with Crippen molar-refractivity contribution in [3.05, 3.63) is 79.0 Å². The van der Waals surface area contributed by atoms with Crippen LogP contribution < -0.4 is 33.8 Å². The van der Waals surface area contributed by atoms with Gasteiger partial charge in [-0.2, -0.15) is 0 Å². The van der Waals surface area contributed by atoms with Gasteiger partial charge < -0.3 is 23.7 Å². The lowest BCUT2D eigenvalue weighted by molar-refractivity contribution is -0.136. The molecule has 0 unspecified atom stereocenters. The number of fused-ring (bicyclic) bond motifs is 2. The molecular formula is C27H26N2O7S. The van der Waals surface area contributed by atoms with Crippen LogP contribution in [-0.2, 0) is 9.53 Å². The van der Waals surface area contributed by atoms with Crippen LogP contribution in [0.2, 0.25) is 0 Å². The molecule has 0 saturated carbocycles. The van der Waals surface area contributed by atoms with Gasteiger partial charge in [0.1, 0.15) is 13.2 Å². The van der Waals surface area contributed by atoms with E-state index in [9.17, 15) is 9.59 Å². The van der Waals surface area contributed by atoms with Crippen molar-refractivity contribution in [2.75, 3.05) is 33.5 Å². The molecule has 0 radical (unpaired) electrons. The molecule has 192 valence electrons. The normalized spacial score (nSPS) is 16.4. The number of benzene rings is 2. The van der Waals surface area contributed by atoms with Gasteiger partial charge in [0.15, 0.2) is 27.8 Å². The van der Waals surface area contributed by atoms with Crippen LogP contribution in [0.3, 0.4) is 0 Å². The van der Waals surface area contributed by atoms with Crippen molar-refractivity contribution in [3.63, 3.8) is 0 Å². The van der Waals surface area contributed by atoms with Crippen molar-refractivity contribution >= 4 is 23.4 Å². The lowest BCUT2D eigenvalue weighted by Gasteiger charge is -2.23. The molecule has 0 bridgehead atoms. The van der Waals surface area contributed by atoms with E-state index in [1.807, 2.05) is 38.1 Å². The largest absolute Gasteiger partial charge is 0.490 e. The van der Waals surface area contributed by atoms with Gasteiger partial charge in [0.05, 0.1) is 36.5 Å². The van der Waals surface area contributed by atoms with Gasteiger partial charge in [-0.15, -0.1) is 0 Å². The predicted octanol–water partition coefficient (Wildman–Crippen LogP) is 2.59. The van der Waals surface area contributed by atoms with Crippen molar-refractivity contribution in [1.29, 1.82) is 0 Å². The molecule has 37 heavy (non-hydrogen) atoms. The third-order valence-corrected chi connectivity index (χ3v) is 6.87. The topological polar surface area (TPSA) is 97.6 Å². The van der Waals surface area contributed by atoms with Gasteiger partial charge in [0.2, 0.25) is 0 Å². The Hall–Kier alpha value is -4.05. The molecule has 0 N–H and O–H groups in total. The second-order valence-electron chi connectivity index (χ2n) is 8.15. The Bertz CT molecular complexity index is 1550. The fourth-order valence-electron chi connectivity index (χ4n) is 4.29. The van der Waals surface area contributed by atoms with Gasteiger partial charge in [-0.1, -0.05) is 23.5 Å². The Kier molecular flexibility index (Phi) is 7.00. The molecule has 0 aliphatic carbocycles. The summed E-state index contributed by atoms with van der Waals surface area (Å²) in [5, 5.41) is 0. The number of nitrogens with zero attached hydrogens (tertiary/aromatic N) is 2. The molecule has 1 aromatic heterocycles. The number of hydrogen-bond donors (Lipinski definition) is 0. The standard InChI is InChI=1S/C27H26N2O7S/c1-4-33-19-9-7-17(14-22(19)34-5-2)24-18(26(31)32-3)15-28-27-29(24)25(30)23(37-27)13-16-6-8-20-21(12-16)36-11-10-35-20/h6-9,12-15,24H,4-5,10-11H2,1-3H3/b23-13+/t24-/m1/s1. The summed E-state index contributed by atoms with van der Waals surface area (Å²) < 4.78 is 29.8. The molecule has 5 rings (SSSR count). The van der Waals surface area contributed by atoms with Crippen LogP contribution in [0.1, 0.15) is 31.0 Å². The molecule has 0 amide bonds. The molecule has 0 spiro atoms. The maximum atomic E-state index is 13.7. The van der Waals surface area contributed by atoms with Crippen LogP contribution in [0.25, 0.3) is 6.08 Å². The second kappa shape index (κ2) is 10.5. The maximum Gasteiger partial charge on any atom is 0.337 e. The van der Waals surface area contributed by atoms with Crippen LogP contribution in [0, 0.1) is 0 Å². The summed E-state index contributed by atoms with van der Waals surface area (Å²) in [6, 6.07) is 10.2. The van der Waals surface area contributed by atoms with Crippen LogP contribution in [0.5, 0.6) is 23.0 Å². The molecule has 0 fully saturated rings. The summed E-state index contributed by atoms with van der Waals surface area (Å²) in [6.45, 7) is 5.65. The van der Waals surface area contributed by atoms with Gasteiger partial charge in [0.25, 0.3) is 5.56 Å². The number of methoxy groups -OCH3 is 1. The Morgan fingerprint density at radius 2 is 1.84 bits per heavy atom. The smallest absolute Gasteiger partial charge is 0.337 e. The summed E-state index contributed by atoms with van der Waals surface area (Å²) in [7, 11) is 1.30. The highest BCUT2D eigenvalue weighted by atomic mass is 32.1. The van der Waals surface area contributed by atoms with E-state index in [0.717, 1.165) is 5.56 Å². The minimum Gasteiger partial charge on any atom is -0.490 e. The third kappa shape index (κ3) is 4.72. The van der Waals surface area contributed by atoms with Crippen molar-refractivity contribution in [2.45, 2.75) is 19.9 Å². The van der Waals surface area contributed by atoms with Gasteiger partial charge >= 0.3 is 5.97 Å². The first-order valence-electron chi connectivity index (χ1n) is 11.9. The molecule has 1 atom stereocenters. The number of ether oxygens (including phenoxy) is 5. The highest BCUT2D eigenvalue weighted by molar-refractivity contribution is 7.07. The van der Waals surface area contributed by atoms with Crippen LogP contribution in [0.15, 0.2) is 58.0 Å². The first kappa shape index (κ1) is 24.6. The van der Waals surface area contributed by atoms with E-state index < -0.39 is 12.0 Å². The summed E-state index contributed by atoms with van der Waals surface area (Å²) in [4.78, 5) is 31.3. The van der Waals surface area contributed by atoms with Crippen LogP contribution in [0.4, 0.5) is 0 Å². The van der Waals surface area contributed by atoms with E-state index in [1.54, 1.807) is 18.2 Å². The number of hydrogen-bond acceptors (Lipinski definition) is 9. The first-order valence-corrected chi connectivity index (χ1v) is 12.7. The fourth-order valence-corrected chi connectivity index (χ4v) is 5.26. The van der Waals surface area contributed by atoms with E-state index in [2.05, 4.69) is 4.99 Å². The van der Waals surface area contributed by atoms with Crippen LogP contribution in [-0.4, -0.2) is 44.1 Å². The van der Waals surface area contributed by atoms with Gasteiger partial charge in [-0.05, 0) is 55.3 Å². The summed E-state index contributed by atoms with van der Waals surface area (Å²) in [6.07, 6.45) is 3.25. The third-order valence-electron chi connectivity index (χ3n) is 5.87.